The number of benzene rings is 1. The van der Waals surface area contributed by atoms with E-state index in [1.54, 1.807) is 19.1 Å². The van der Waals surface area contributed by atoms with Crippen molar-refractivity contribution in [3.05, 3.63) is 37.9 Å². The summed E-state index contributed by atoms with van der Waals surface area (Å²) in [6.07, 6.45) is 0. The minimum atomic E-state index is -0.332. The number of Topliss-reactive ketones (excluding diaryl/α,β-unsaturated/α-hetero) is 1. The molecule has 4 nitrogen and oxygen atoms in total. The van der Waals surface area contributed by atoms with Crippen LogP contribution in [0.4, 0.5) is 0 Å². The van der Waals surface area contributed by atoms with E-state index < -0.39 is 0 Å². The molecule has 0 radical (unpaired) electrons. The number of nitrogens with zero attached hydrogens (tertiary/aromatic N) is 1. The van der Waals surface area contributed by atoms with Crippen molar-refractivity contribution >= 4 is 55.0 Å². The maximum Gasteiger partial charge on any atom is 0.173 e. The van der Waals surface area contributed by atoms with E-state index >= 15 is 0 Å². The quantitative estimate of drug-likeness (QED) is 0.685. The summed E-state index contributed by atoms with van der Waals surface area (Å²) in [4.78, 5) is 14.1. The lowest BCUT2D eigenvalue weighted by molar-refractivity contribution is -0.114. The fourth-order valence-electron chi connectivity index (χ4n) is 2.62. The molecule has 0 fully saturated rings. The Morgan fingerprint density at radius 1 is 1.41 bits per heavy atom. The van der Waals surface area contributed by atoms with Gasteiger partial charge in [0.05, 0.1) is 15.0 Å². The number of carbonyl (C=O) groups excluding carboxylic acids is 1. The van der Waals surface area contributed by atoms with Gasteiger partial charge in [-0.2, -0.15) is 0 Å². The normalized spacial score (nSPS) is 18.5. The summed E-state index contributed by atoms with van der Waals surface area (Å²) in [5.74, 6) is 0.124. The van der Waals surface area contributed by atoms with Crippen LogP contribution in [0.2, 0.25) is 0 Å². The molecule has 118 valence electrons. The summed E-state index contributed by atoms with van der Waals surface area (Å²) in [5.41, 5.74) is 2.39. The van der Waals surface area contributed by atoms with Gasteiger partial charge in [0.15, 0.2) is 10.9 Å². The maximum absolute atomic E-state index is 12.2. The molecule has 1 atom stereocenters. The van der Waals surface area contributed by atoms with Gasteiger partial charge < -0.3 is 15.3 Å². The Kier molecular flexibility index (Phi) is 5.29. The second kappa shape index (κ2) is 6.68. The molecular weight excluding hydrogens is 432 g/mol. The molecule has 1 heterocycles. The number of hydrogen-bond donors (Lipinski definition) is 2. The number of nitrogens with one attached hydrogen (secondary N) is 1. The average molecular weight is 448 g/mol. The Morgan fingerprint density at radius 2 is 1.95 bits per heavy atom. The average Bonchev–Trinajstić information content (AvgIpc) is 2.43. The molecule has 0 aromatic heterocycles. The number of ketones is 1. The summed E-state index contributed by atoms with van der Waals surface area (Å²) in [5, 5.41) is 13.7. The molecule has 0 amide bonds. The van der Waals surface area contributed by atoms with Crippen LogP contribution in [-0.2, 0) is 4.79 Å². The van der Waals surface area contributed by atoms with Crippen molar-refractivity contribution in [1.29, 1.82) is 0 Å². The Labute approximate surface area is 151 Å². The molecule has 0 saturated carbocycles. The van der Waals surface area contributed by atoms with E-state index in [0.717, 1.165) is 11.3 Å². The molecule has 2 rings (SSSR count). The van der Waals surface area contributed by atoms with Crippen LogP contribution in [0.3, 0.4) is 0 Å². The van der Waals surface area contributed by atoms with Gasteiger partial charge in [0, 0.05) is 17.8 Å². The minimum Gasteiger partial charge on any atom is -0.506 e. The van der Waals surface area contributed by atoms with Crippen molar-refractivity contribution < 1.29 is 9.90 Å². The zero-order chi connectivity index (χ0) is 16.6. The first-order chi connectivity index (χ1) is 10.3. The smallest absolute Gasteiger partial charge is 0.173 e. The van der Waals surface area contributed by atoms with Gasteiger partial charge in [0.25, 0.3) is 0 Å². The number of phenolic OH excluding ortho intramolecular Hbond substituents is 1. The fraction of sp³-hybridized carbons (Fsp3) is 0.333. The third-order valence-corrected chi connectivity index (χ3v) is 5.21. The van der Waals surface area contributed by atoms with E-state index in [1.165, 1.54) is 0 Å². The summed E-state index contributed by atoms with van der Waals surface area (Å²) < 4.78 is 1.12. The Bertz CT molecular complexity index is 665. The van der Waals surface area contributed by atoms with E-state index in [-0.39, 0.29) is 17.6 Å². The molecule has 0 saturated heterocycles. The number of hydrogen-bond acceptors (Lipinski definition) is 3. The van der Waals surface area contributed by atoms with Crippen LogP contribution in [0.5, 0.6) is 5.75 Å². The van der Waals surface area contributed by atoms with Crippen LogP contribution in [0, 0.1) is 0 Å². The predicted molar refractivity (Wildman–Crippen MR) is 97.7 cm³/mol. The van der Waals surface area contributed by atoms with Crippen LogP contribution in [0.25, 0.3) is 0 Å². The zero-order valence-electron chi connectivity index (χ0n) is 12.4. The van der Waals surface area contributed by atoms with Gasteiger partial charge in [-0.25, -0.2) is 0 Å². The third kappa shape index (κ3) is 3.07. The number of halogens is 2. The van der Waals surface area contributed by atoms with Crippen molar-refractivity contribution in [1.82, 2.24) is 10.2 Å². The lowest BCUT2D eigenvalue weighted by Gasteiger charge is -2.37. The molecule has 7 heteroatoms. The summed E-state index contributed by atoms with van der Waals surface area (Å²) in [6, 6.07) is 3.25. The molecule has 0 bridgehead atoms. The third-order valence-electron chi connectivity index (χ3n) is 3.66. The number of thiocarbonyl (C=S) groups is 1. The maximum atomic E-state index is 12.2. The lowest BCUT2D eigenvalue weighted by Crippen LogP contribution is -2.47. The van der Waals surface area contributed by atoms with Crippen LogP contribution in [0.1, 0.15) is 32.4 Å². The van der Waals surface area contributed by atoms with Gasteiger partial charge in [-0.3, -0.25) is 4.79 Å². The molecule has 1 unspecified atom stereocenters. The second-order valence-corrected chi connectivity index (χ2v) is 7.11. The largest absolute Gasteiger partial charge is 0.506 e. The molecule has 0 aliphatic carbocycles. The van der Waals surface area contributed by atoms with E-state index in [0.29, 0.717) is 26.2 Å². The van der Waals surface area contributed by atoms with Gasteiger partial charge in [-0.15, -0.1) is 0 Å². The monoisotopic (exact) mass is 446 g/mol. The summed E-state index contributed by atoms with van der Waals surface area (Å²) >= 11 is 12.1. The first kappa shape index (κ1) is 17.4. The highest BCUT2D eigenvalue weighted by Crippen LogP contribution is 2.38. The molecule has 2 N–H and O–H groups in total. The lowest BCUT2D eigenvalue weighted by atomic mass is 9.92. The number of phenols is 1. The predicted octanol–water partition coefficient (Wildman–Crippen LogP) is 4.03. The second-order valence-electron chi connectivity index (χ2n) is 5.02. The van der Waals surface area contributed by atoms with Gasteiger partial charge in [0.2, 0.25) is 0 Å². The first-order valence-corrected chi connectivity index (χ1v) is 8.75. The Morgan fingerprint density at radius 3 is 2.41 bits per heavy atom. The van der Waals surface area contributed by atoms with Crippen molar-refractivity contribution in [3.8, 4) is 5.75 Å². The fourth-order valence-corrected chi connectivity index (χ4v) is 4.23. The van der Waals surface area contributed by atoms with Gasteiger partial charge in [-0.1, -0.05) is 0 Å². The number of aromatic hydroxyl groups is 1. The number of carbonyl (C=O) groups is 1. The van der Waals surface area contributed by atoms with Crippen molar-refractivity contribution in [2.24, 2.45) is 0 Å². The van der Waals surface area contributed by atoms with E-state index in [9.17, 15) is 9.90 Å². The van der Waals surface area contributed by atoms with Crippen molar-refractivity contribution in [2.45, 2.75) is 26.8 Å². The Balaban J connectivity index is 2.61. The van der Waals surface area contributed by atoms with Crippen LogP contribution < -0.4 is 5.32 Å². The molecule has 1 aromatic carbocycles. The molecule has 1 aliphatic rings. The summed E-state index contributed by atoms with van der Waals surface area (Å²) in [7, 11) is 0. The number of allylic oxidation sites excluding steroid dienone is 1. The van der Waals surface area contributed by atoms with Crippen molar-refractivity contribution in [3.63, 3.8) is 0 Å². The standard InChI is InChI=1S/C15H16Br2N2O2S/c1-4-19-7(2)12(8(3)20)13(18-15(19)22)9-5-10(16)14(21)11(17)6-9/h5-6,13,21H,4H2,1-3H3,(H,18,22). The first-order valence-electron chi connectivity index (χ1n) is 6.75. The highest BCUT2D eigenvalue weighted by Gasteiger charge is 2.32. The van der Waals surface area contributed by atoms with E-state index in [1.807, 2.05) is 18.7 Å². The molecule has 0 spiro atoms. The molecular formula is C15H16Br2N2O2S. The highest BCUT2D eigenvalue weighted by atomic mass is 79.9. The molecule has 22 heavy (non-hydrogen) atoms. The SMILES string of the molecule is CCN1C(=S)NC(c2cc(Br)c(O)c(Br)c2)C(C(C)=O)=C1C. The Hall–Kier alpha value is -0.920. The summed E-state index contributed by atoms with van der Waals surface area (Å²) in [6.45, 7) is 6.15. The van der Waals surface area contributed by atoms with Gasteiger partial charge in [0.1, 0.15) is 5.75 Å². The minimum absolute atomic E-state index is 0.00345. The van der Waals surface area contributed by atoms with Crippen LogP contribution >= 0.6 is 44.1 Å². The highest BCUT2D eigenvalue weighted by molar-refractivity contribution is 9.11. The molecule has 1 aliphatic heterocycles. The zero-order valence-corrected chi connectivity index (χ0v) is 16.4. The topological polar surface area (TPSA) is 52.6 Å². The molecule has 1 aromatic rings. The van der Waals surface area contributed by atoms with E-state index in [4.69, 9.17) is 12.2 Å². The van der Waals surface area contributed by atoms with Crippen LogP contribution in [-0.4, -0.2) is 27.4 Å². The number of rotatable bonds is 3. The van der Waals surface area contributed by atoms with E-state index in [2.05, 4.69) is 37.2 Å². The van der Waals surface area contributed by atoms with Gasteiger partial charge >= 0.3 is 0 Å². The van der Waals surface area contributed by atoms with Gasteiger partial charge in [-0.05, 0) is 82.5 Å². The van der Waals surface area contributed by atoms with Crippen molar-refractivity contribution in [2.75, 3.05) is 6.54 Å². The van der Waals surface area contributed by atoms with Crippen LogP contribution in [0.15, 0.2) is 32.3 Å².